The Bertz CT molecular complexity index is 448. The zero-order valence-corrected chi connectivity index (χ0v) is 13.1. The summed E-state index contributed by atoms with van der Waals surface area (Å²) in [6.45, 7) is 5.64. The number of halogens is 1. The van der Waals surface area contributed by atoms with Crippen LogP contribution in [0.5, 0.6) is 0 Å². The van der Waals surface area contributed by atoms with Gasteiger partial charge in [-0.2, -0.15) is 0 Å². The average Bonchev–Trinajstić information content (AvgIpc) is 2.75. The average molecular weight is 332 g/mol. The maximum Gasteiger partial charge on any atom is 0.310 e. The molecule has 0 spiro atoms. The summed E-state index contributed by atoms with van der Waals surface area (Å²) < 4.78 is 1.10. The van der Waals surface area contributed by atoms with Crippen LogP contribution in [0.25, 0.3) is 0 Å². The summed E-state index contributed by atoms with van der Waals surface area (Å²) in [5.41, 5.74) is -0.596. The summed E-state index contributed by atoms with van der Waals surface area (Å²) in [6.07, 6.45) is 1.74. The fourth-order valence-electron chi connectivity index (χ4n) is 2.51. The lowest BCUT2D eigenvalue weighted by atomic mass is 9.81. The molecule has 18 heavy (non-hydrogen) atoms. The Morgan fingerprint density at radius 1 is 1.67 bits per heavy atom. The molecule has 0 aromatic carbocycles. The van der Waals surface area contributed by atoms with Crippen LogP contribution in [-0.4, -0.2) is 29.1 Å². The number of likely N-dealkylation sites (tertiary alicyclic amines) is 1. The van der Waals surface area contributed by atoms with Crippen LogP contribution in [0.2, 0.25) is 0 Å². The predicted octanol–water partition coefficient (Wildman–Crippen LogP) is 3.76. The number of carbonyl (C=O) groups is 1. The molecular formula is C13H18BrNO2S. The van der Waals surface area contributed by atoms with Crippen molar-refractivity contribution in [2.75, 3.05) is 13.1 Å². The largest absolute Gasteiger partial charge is 0.481 e. The molecular weight excluding hydrogens is 314 g/mol. The zero-order chi connectivity index (χ0) is 13.3. The second-order valence-electron chi connectivity index (χ2n) is 5.28. The first-order chi connectivity index (χ1) is 8.42. The van der Waals surface area contributed by atoms with Crippen molar-refractivity contribution in [3.05, 3.63) is 20.8 Å². The van der Waals surface area contributed by atoms with E-state index in [1.54, 1.807) is 11.3 Å². The molecule has 1 N–H and O–H groups in total. The van der Waals surface area contributed by atoms with Crippen molar-refractivity contribution in [3.8, 4) is 0 Å². The van der Waals surface area contributed by atoms with Gasteiger partial charge in [0.15, 0.2) is 0 Å². The van der Waals surface area contributed by atoms with Gasteiger partial charge in [0.05, 0.1) is 5.41 Å². The van der Waals surface area contributed by atoms with Gasteiger partial charge in [-0.3, -0.25) is 9.69 Å². The number of hydrogen-bond donors (Lipinski definition) is 1. The topological polar surface area (TPSA) is 40.5 Å². The summed E-state index contributed by atoms with van der Waals surface area (Å²) >= 11 is 5.19. The maximum absolute atomic E-state index is 11.4. The second-order valence-corrected chi connectivity index (χ2v) is 7.14. The first kappa shape index (κ1) is 14.0. The number of rotatable bonds is 3. The molecule has 1 aliphatic rings. The third kappa shape index (κ3) is 2.78. The molecule has 2 unspecified atom stereocenters. The summed E-state index contributed by atoms with van der Waals surface area (Å²) in [6, 6.07) is 2.42. The molecule has 1 aromatic heterocycles. The molecule has 1 fully saturated rings. The quantitative estimate of drug-likeness (QED) is 0.916. The molecule has 0 bridgehead atoms. The van der Waals surface area contributed by atoms with E-state index < -0.39 is 11.4 Å². The van der Waals surface area contributed by atoms with Crippen molar-refractivity contribution >= 4 is 33.2 Å². The first-order valence-electron chi connectivity index (χ1n) is 6.14. The highest BCUT2D eigenvalue weighted by atomic mass is 79.9. The van der Waals surface area contributed by atoms with Crippen molar-refractivity contribution in [2.24, 2.45) is 5.41 Å². The van der Waals surface area contributed by atoms with Crippen molar-refractivity contribution in [1.29, 1.82) is 0 Å². The fraction of sp³-hybridized carbons (Fsp3) is 0.615. The van der Waals surface area contributed by atoms with Crippen molar-refractivity contribution in [2.45, 2.75) is 32.7 Å². The lowest BCUT2D eigenvalue weighted by Crippen LogP contribution is -2.46. The number of thiophene rings is 1. The molecule has 2 heterocycles. The Kier molecular flexibility index (Phi) is 4.14. The van der Waals surface area contributed by atoms with E-state index in [9.17, 15) is 9.90 Å². The van der Waals surface area contributed by atoms with Crippen LogP contribution < -0.4 is 0 Å². The number of nitrogens with zero attached hydrogens (tertiary/aromatic N) is 1. The van der Waals surface area contributed by atoms with E-state index in [0.717, 1.165) is 23.9 Å². The third-order valence-electron chi connectivity index (χ3n) is 3.79. The predicted molar refractivity (Wildman–Crippen MR) is 77.0 cm³/mol. The highest BCUT2D eigenvalue weighted by Gasteiger charge is 2.39. The monoisotopic (exact) mass is 331 g/mol. The molecule has 0 amide bonds. The smallest absolute Gasteiger partial charge is 0.310 e. The Morgan fingerprint density at radius 2 is 2.39 bits per heavy atom. The number of carboxylic acids is 1. The van der Waals surface area contributed by atoms with Crippen LogP contribution in [0.1, 0.15) is 37.6 Å². The Balaban J connectivity index is 2.11. The van der Waals surface area contributed by atoms with E-state index in [0.29, 0.717) is 12.6 Å². The van der Waals surface area contributed by atoms with Gasteiger partial charge in [-0.1, -0.05) is 0 Å². The van der Waals surface area contributed by atoms with Crippen LogP contribution in [0.4, 0.5) is 0 Å². The van der Waals surface area contributed by atoms with Gasteiger partial charge in [-0.05, 0) is 55.2 Å². The molecule has 3 nitrogen and oxygen atoms in total. The van der Waals surface area contributed by atoms with E-state index in [-0.39, 0.29) is 0 Å². The highest BCUT2D eigenvalue weighted by molar-refractivity contribution is 9.10. The van der Waals surface area contributed by atoms with Gasteiger partial charge in [0.1, 0.15) is 0 Å². The van der Waals surface area contributed by atoms with Crippen LogP contribution in [-0.2, 0) is 4.79 Å². The standard InChI is InChI=1S/C13H18BrNO2S/c1-9(11-6-10(14)7-18-11)15-5-3-4-13(2,8-15)12(16)17/h6-7,9H,3-5,8H2,1-2H3,(H,16,17). The molecule has 1 saturated heterocycles. The van der Waals surface area contributed by atoms with Gasteiger partial charge >= 0.3 is 5.97 Å². The second kappa shape index (κ2) is 5.31. The normalized spacial score (nSPS) is 27.1. The van der Waals surface area contributed by atoms with Crippen LogP contribution in [0.3, 0.4) is 0 Å². The lowest BCUT2D eigenvalue weighted by molar-refractivity contribution is -0.151. The molecule has 1 aliphatic heterocycles. The van der Waals surface area contributed by atoms with Gasteiger partial charge in [0.25, 0.3) is 0 Å². The summed E-state index contributed by atoms with van der Waals surface area (Å²) in [5, 5.41) is 11.4. The Labute approximate surface area is 120 Å². The van der Waals surface area contributed by atoms with E-state index in [1.165, 1.54) is 4.88 Å². The molecule has 2 rings (SSSR count). The van der Waals surface area contributed by atoms with E-state index in [2.05, 4.69) is 39.2 Å². The maximum atomic E-state index is 11.4. The molecule has 100 valence electrons. The van der Waals surface area contributed by atoms with E-state index in [1.807, 2.05) is 6.92 Å². The fourth-order valence-corrected chi connectivity index (χ4v) is 4.05. The summed E-state index contributed by atoms with van der Waals surface area (Å²) in [5.74, 6) is -0.674. The summed E-state index contributed by atoms with van der Waals surface area (Å²) in [7, 11) is 0. The number of aliphatic carboxylic acids is 1. The third-order valence-corrected chi connectivity index (χ3v) is 5.65. The molecule has 0 radical (unpaired) electrons. The molecule has 1 aromatic rings. The van der Waals surface area contributed by atoms with E-state index >= 15 is 0 Å². The van der Waals surface area contributed by atoms with Crippen molar-refractivity contribution in [1.82, 2.24) is 4.90 Å². The zero-order valence-electron chi connectivity index (χ0n) is 10.6. The Hall–Kier alpha value is -0.390. The number of hydrogen-bond acceptors (Lipinski definition) is 3. The minimum absolute atomic E-state index is 0.292. The van der Waals surface area contributed by atoms with Crippen LogP contribution in [0.15, 0.2) is 15.9 Å². The van der Waals surface area contributed by atoms with Crippen molar-refractivity contribution < 1.29 is 9.90 Å². The van der Waals surface area contributed by atoms with Gasteiger partial charge in [-0.25, -0.2) is 0 Å². The van der Waals surface area contributed by atoms with Gasteiger partial charge in [-0.15, -0.1) is 11.3 Å². The van der Waals surface area contributed by atoms with Crippen LogP contribution in [0, 0.1) is 5.41 Å². The number of carboxylic acid groups (broad SMARTS) is 1. The molecule has 2 atom stereocenters. The Morgan fingerprint density at radius 3 is 2.94 bits per heavy atom. The molecule has 5 heteroatoms. The van der Waals surface area contributed by atoms with Gasteiger partial charge in [0, 0.05) is 27.3 Å². The van der Waals surface area contributed by atoms with E-state index in [4.69, 9.17) is 0 Å². The number of piperidine rings is 1. The van der Waals surface area contributed by atoms with Gasteiger partial charge in [0.2, 0.25) is 0 Å². The highest BCUT2D eigenvalue weighted by Crippen LogP contribution is 2.36. The minimum atomic E-state index is -0.674. The van der Waals surface area contributed by atoms with Crippen molar-refractivity contribution in [3.63, 3.8) is 0 Å². The minimum Gasteiger partial charge on any atom is -0.481 e. The lowest BCUT2D eigenvalue weighted by Gasteiger charge is -2.40. The molecule has 0 aliphatic carbocycles. The van der Waals surface area contributed by atoms with Crippen LogP contribution >= 0.6 is 27.3 Å². The SMILES string of the molecule is CC(c1cc(Br)cs1)N1CCCC(C)(C(=O)O)C1. The first-order valence-corrected chi connectivity index (χ1v) is 7.81. The summed E-state index contributed by atoms with van der Waals surface area (Å²) in [4.78, 5) is 14.9. The van der Waals surface area contributed by atoms with Gasteiger partial charge < -0.3 is 5.11 Å². The molecule has 0 saturated carbocycles.